The summed E-state index contributed by atoms with van der Waals surface area (Å²) >= 11 is 2.72. The third kappa shape index (κ3) is 4.96. The van der Waals surface area contributed by atoms with E-state index >= 15 is 0 Å². The van der Waals surface area contributed by atoms with Crippen LogP contribution < -0.4 is 14.9 Å². The van der Waals surface area contributed by atoms with Gasteiger partial charge >= 0.3 is 11.9 Å². The number of nitrogens with zero attached hydrogens (tertiary/aromatic N) is 2. The number of thiophene rings is 1. The highest BCUT2D eigenvalue weighted by molar-refractivity contribution is 7.10. The summed E-state index contributed by atoms with van der Waals surface area (Å²) in [6.07, 6.45) is 1.75. The van der Waals surface area contributed by atoms with E-state index < -0.39 is 18.0 Å². The number of ether oxygens (including phenoxy) is 2. The van der Waals surface area contributed by atoms with E-state index in [1.54, 1.807) is 41.8 Å². The van der Waals surface area contributed by atoms with Gasteiger partial charge in [-0.1, -0.05) is 59.9 Å². The lowest BCUT2D eigenvalue weighted by molar-refractivity contribution is -0.140. The Hall–Kier alpha value is -4.08. The molecule has 37 heavy (non-hydrogen) atoms. The number of allylic oxidation sites excluding steroid dienone is 1. The van der Waals surface area contributed by atoms with Crippen LogP contribution in [-0.2, 0) is 20.9 Å². The van der Waals surface area contributed by atoms with Crippen LogP contribution in [0.25, 0.3) is 6.08 Å². The predicted octanol–water partition coefficient (Wildman–Crippen LogP) is 3.83. The fourth-order valence-electron chi connectivity index (χ4n) is 4.08. The molecule has 3 heterocycles. The fraction of sp³-hybridized carbons (Fsp3) is 0.143. The molecular formula is C28H22N2O5S2. The molecule has 2 aromatic carbocycles. The van der Waals surface area contributed by atoms with E-state index in [1.807, 2.05) is 47.8 Å². The van der Waals surface area contributed by atoms with Crippen molar-refractivity contribution in [3.8, 4) is 0 Å². The minimum Gasteiger partial charge on any atom is -0.465 e. The predicted molar refractivity (Wildman–Crippen MR) is 142 cm³/mol. The summed E-state index contributed by atoms with van der Waals surface area (Å²) < 4.78 is 12.4. The number of benzene rings is 2. The average Bonchev–Trinajstić information content (AvgIpc) is 3.55. The monoisotopic (exact) mass is 530 g/mol. The van der Waals surface area contributed by atoms with Gasteiger partial charge in [0.25, 0.3) is 5.56 Å². The van der Waals surface area contributed by atoms with Gasteiger partial charge in [0.1, 0.15) is 12.6 Å². The Kier molecular flexibility index (Phi) is 6.98. The van der Waals surface area contributed by atoms with Gasteiger partial charge in [-0.2, -0.15) is 0 Å². The van der Waals surface area contributed by atoms with Crippen molar-refractivity contribution in [2.45, 2.75) is 19.6 Å². The van der Waals surface area contributed by atoms with E-state index in [0.717, 1.165) is 16.0 Å². The Morgan fingerprint density at radius 2 is 1.78 bits per heavy atom. The molecule has 0 saturated heterocycles. The number of rotatable bonds is 6. The third-order valence-electron chi connectivity index (χ3n) is 5.90. The Morgan fingerprint density at radius 3 is 2.46 bits per heavy atom. The lowest BCUT2D eigenvalue weighted by atomic mass is 10.0. The van der Waals surface area contributed by atoms with Crippen LogP contribution in [0.2, 0.25) is 0 Å². The number of carbonyl (C=O) groups excluding carboxylic acids is 2. The minimum atomic E-state index is -0.636. The highest BCUT2D eigenvalue weighted by Gasteiger charge is 2.34. The molecule has 0 amide bonds. The van der Waals surface area contributed by atoms with Crippen molar-refractivity contribution in [3.05, 3.63) is 125 Å². The standard InChI is InChI=1S/C28H22N2O5S2/c1-17-23(27(33)35-16-19-7-4-3-5-8-19)24(21-9-6-14-36-21)30-25(31)22(37-28(30)29-17)15-18-10-12-20(13-11-18)26(32)34-2/h3-15,24H,16H2,1-2H3. The Bertz CT molecular complexity index is 1660. The zero-order chi connectivity index (χ0) is 25.9. The molecule has 0 fully saturated rings. The van der Waals surface area contributed by atoms with Crippen LogP contribution in [-0.4, -0.2) is 23.6 Å². The summed E-state index contributed by atoms with van der Waals surface area (Å²) in [5.74, 6) is -0.930. The van der Waals surface area contributed by atoms with Crippen LogP contribution >= 0.6 is 22.7 Å². The summed E-state index contributed by atoms with van der Waals surface area (Å²) in [4.78, 5) is 44.7. The van der Waals surface area contributed by atoms with E-state index in [-0.39, 0.29) is 12.2 Å². The Labute approximate surface area is 220 Å². The van der Waals surface area contributed by atoms with Crippen molar-refractivity contribution in [1.82, 2.24) is 4.57 Å². The molecule has 0 N–H and O–H groups in total. The molecule has 2 aromatic heterocycles. The molecule has 0 saturated carbocycles. The van der Waals surface area contributed by atoms with E-state index in [9.17, 15) is 14.4 Å². The van der Waals surface area contributed by atoms with E-state index in [4.69, 9.17) is 9.47 Å². The second-order valence-corrected chi connectivity index (χ2v) is 10.3. The normalized spacial score (nSPS) is 15.2. The summed E-state index contributed by atoms with van der Waals surface area (Å²) in [6.45, 7) is 1.89. The van der Waals surface area contributed by atoms with Gasteiger partial charge in [0, 0.05) is 4.88 Å². The lowest BCUT2D eigenvalue weighted by Gasteiger charge is -2.23. The second kappa shape index (κ2) is 10.5. The SMILES string of the molecule is COC(=O)c1ccc(C=c2sc3n(c2=O)C(c2cccs2)C(C(=O)OCc2ccccc2)=C(C)N=3)cc1. The van der Waals surface area contributed by atoms with E-state index in [1.165, 1.54) is 29.8 Å². The molecule has 0 radical (unpaired) electrons. The number of carbonyl (C=O) groups is 2. The topological polar surface area (TPSA) is 87.0 Å². The number of methoxy groups -OCH3 is 1. The second-order valence-electron chi connectivity index (χ2n) is 8.27. The summed E-state index contributed by atoms with van der Waals surface area (Å²) in [7, 11) is 1.33. The molecule has 7 nitrogen and oxygen atoms in total. The van der Waals surface area contributed by atoms with Crippen molar-refractivity contribution in [2.24, 2.45) is 4.99 Å². The molecule has 4 aromatic rings. The molecule has 1 aliphatic heterocycles. The Balaban J connectivity index is 1.54. The van der Waals surface area contributed by atoms with Gasteiger partial charge in [0.2, 0.25) is 0 Å². The summed E-state index contributed by atoms with van der Waals surface area (Å²) in [5.41, 5.74) is 2.67. The maximum absolute atomic E-state index is 13.6. The lowest BCUT2D eigenvalue weighted by Crippen LogP contribution is -2.39. The number of fused-ring (bicyclic) bond motifs is 1. The number of esters is 2. The van der Waals surface area contributed by atoms with Crippen molar-refractivity contribution in [2.75, 3.05) is 7.11 Å². The third-order valence-corrected chi connectivity index (χ3v) is 7.80. The van der Waals surface area contributed by atoms with Crippen molar-refractivity contribution in [3.63, 3.8) is 0 Å². The Morgan fingerprint density at radius 1 is 1.03 bits per heavy atom. The number of hydrogen-bond acceptors (Lipinski definition) is 8. The maximum atomic E-state index is 13.6. The zero-order valence-corrected chi connectivity index (χ0v) is 21.7. The average molecular weight is 531 g/mol. The largest absolute Gasteiger partial charge is 0.465 e. The smallest absolute Gasteiger partial charge is 0.338 e. The van der Waals surface area contributed by atoms with Gasteiger partial charge in [0.15, 0.2) is 4.80 Å². The first-order valence-electron chi connectivity index (χ1n) is 11.4. The highest BCUT2D eigenvalue weighted by atomic mass is 32.1. The molecule has 186 valence electrons. The van der Waals surface area contributed by atoms with Gasteiger partial charge in [0.05, 0.1) is 28.5 Å². The van der Waals surface area contributed by atoms with Crippen LogP contribution in [0.4, 0.5) is 0 Å². The molecular weight excluding hydrogens is 508 g/mol. The van der Waals surface area contributed by atoms with Crippen LogP contribution in [0.5, 0.6) is 0 Å². The van der Waals surface area contributed by atoms with Gasteiger partial charge in [-0.05, 0) is 47.7 Å². The summed E-state index contributed by atoms with van der Waals surface area (Å²) in [5, 5.41) is 1.91. The molecule has 9 heteroatoms. The van der Waals surface area contributed by atoms with Crippen molar-refractivity contribution in [1.29, 1.82) is 0 Å². The number of hydrogen-bond donors (Lipinski definition) is 0. The quantitative estimate of drug-likeness (QED) is 0.354. The molecule has 0 aliphatic carbocycles. The number of thiazole rings is 1. The van der Waals surface area contributed by atoms with E-state index in [0.29, 0.717) is 26.2 Å². The minimum absolute atomic E-state index is 0.125. The highest BCUT2D eigenvalue weighted by Crippen LogP contribution is 2.33. The van der Waals surface area contributed by atoms with Crippen LogP contribution in [0.15, 0.2) is 93.2 Å². The first-order chi connectivity index (χ1) is 18.0. The fourth-order valence-corrected chi connectivity index (χ4v) is 5.95. The molecule has 5 rings (SSSR count). The first-order valence-corrected chi connectivity index (χ1v) is 13.1. The number of aromatic nitrogens is 1. The van der Waals surface area contributed by atoms with Gasteiger partial charge < -0.3 is 9.47 Å². The molecule has 1 aliphatic rings. The molecule has 0 bridgehead atoms. The van der Waals surface area contributed by atoms with Crippen LogP contribution in [0, 0.1) is 0 Å². The van der Waals surface area contributed by atoms with Gasteiger partial charge in [-0.25, -0.2) is 14.6 Å². The van der Waals surface area contributed by atoms with Gasteiger partial charge in [-0.3, -0.25) is 9.36 Å². The van der Waals surface area contributed by atoms with Gasteiger partial charge in [-0.15, -0.1) is 11.3 Å². The van der Waals surface area contributed by atoms with Crippen molar-refractivity contribution < 1.29 is 19.1 Å². The first kappa shape index (κ1) is 24.6. The van der Waals surface area contributed by atoms with Crippen molar-refractivity contribution >= 4 is 40.7 Å². The zero-order valence-electron chi connectivity index (χ0n) is 20.0. The molecule has 1 atom stereocenters. The maximum Gasteiger partial charge on any atom is 0.338 e. The van der Waals surface area contributed by atoms with Crippen LogP contribution in [0.1, 0.15) is 39.3 Å². The molecule has 1 unspecified atom stereocenters. The summed E-state index contributed by atoms with van der Waals surface area (Å²) in [6, 6.07) is 19.4. The van der Waals surface area contributed by atoms with E-state index in [2.05, 4.69) is 4.99 Å². The molecule has 0 spiro atoms. The van der Waals surface area contributed by atoms with Crippen LogP contribution in [0.3, 0.4) is 0 Å².